The van der Waals surface area contributed by atoms with Gasteiger partial charge in [0.05, 0.1) is 0 Å². The molecule has 0 spiro atoms. The molecule has 0 aliphatic heterocycles. The van der Waals surface area contributed by atoms with Gasteiger partial charge in [-0.15, -0.1) is 0 Å². The zero-order valence-corrected chi connectivity index (χ0v) is 9.66. The summed E-state index contributed by atoms with van der Waals surface area (Å²) < 4.78 is 0. The summed E-state index contributed by atoms with van der Waals surface area (Å²) in [5.41, 5.74) is 2.35. The van der Waals surface area contributed by atoms with Crippen LogP contribution < -0.4 is 5.32 Å². The van der Waals surface area contributed by atoms with E-state index in [9.17, 15) is 0 Å². The molecule has 0 aliphatic carbocycles. The van der Waals surface area contributed by atoms with Gasteiger partial charge in [-0.25, -0.2) is 0 Å². The largest absolute Gasteiger partial charge is 0.396 e. The Kier molecular flexibility index (Phi) is 5.19. The van der Waals surface area contributed by atoms with Gasteiger partial charge in [-0.1, -0.05) is 32.4 Å². The summed E-state index contributed by atoms with van der Waals surface area (Å²) in [4.78, 5) is 0. The summed E-state index contributed by atoms with van der Waals surface area (Å²) in [5.74, 6) is 0.710. The molecule has 2 nitrogen and oxygen atoms in total. The molecular formula is C13H21NO. The van der Waals surface area contributed by atoms with Crippen molar-refractivity contribution in [2.75, 3.05) is 18.5 Å². The molecule has 0 heterocycles. The Morgan fingerprint density at radius 2 is 1.93 bits per heavy atom. The van der Waals surface area contributed by atoms with E-state index in [1.807, 2.05) is 0 Å². The molecule has 1 atom stereocenters. The molecule has 84 valence electrons. The van der Waals surface area contributed by atoms with Crippen molar-refractivity contribution in [3.8, 4) is 0 Å². The van der Waals surface area contributed by atoms with E-state index in [0.717, 1.165) is 18.7 Å². The number of nitrogens with one attached hydrogen (secondary N) is 1. The molecule has 0 saturated carbocycles. The van der Waals surface area contributed by atoms with Crippen molar-refractivity contribution >= 4 is 5.69 Å². The van der Waals surface area contributed by atoms with Crippen LogP contribution in [-0.4, -0.2) is 18.3 Å². The number of anilines is 1. The monoisotopic (exact) mass is 207 g/mol. The minimum absolute atomic E-state index is 0.222. The molecule has 0 aromatic heterocycles. The standard InChI is InChI=1S/C13H21NO/c1-3-11(2)10-14-13-6-4-12(5-7-13)8-9-15/h4-7,11,14-15H,3,8-10H2,1-2H3/t11-/m1/s1. The van der Waals surface area contributed by atoms with Crippen LogP contribution >= 0.6 is 0 Å². The normalized spacial score (nSPS) is 12.5. The molecule has 1 aromatic carbocycles. The Balaban J connectivity index is 2.42. The van der Waals surface area contributed by atoms with Gasteiger partial charge in [0.2, 0.25) is 0 Å². The van der Waals surface area contributed by atoms with E-state index < -0.39 is 0 Å². The second-order valence-corrected chi connectivity index (χ2v) is 4.06. The fourth-order valence-corrected chi connectivity index (χ4v) is 1.35. The molecule has 1 rings (SSSR count). The van der Waals surface area contributed by atoms with Gasteiger partial charge < -0.3 is 10.4 Å². The molecule has 0 saturated heterocycles. The summed E-state index contributed by atoms with van der Waals surface area (Å²) in [6.07, 6.45) is 1.95. The minimum atomic E-state index is 0.222. The molecule has 0 fully saturated rings. The second kappa shape index (κ2) is 6.46. The van der Waals surface area contributed by atoms with Crippen LogP contribution in [0.15, 0.2) is 24.3 Å². The van der Waals surface area contributed by atoms with Gasteiger partial charge in [0.15, 0.2) is 0 Å². The van der Waals surface area contributed by atoms with Gasteiger partial charge in [-0.05, 0) is 30.0 Å². The van der Waals surface area contributed by atoms with Crippen LogP contribution in [0.2, 0.25) is 0 Å². The zero-order valence-electron chi connectivity index (χ0n) is 9.66. The number of hydrogen-bond acceptors (Lipinski definition) is 2. The van der Waals surface area contributed by atoms with Crippen molar-refractivity contribution in [2.45, 2.75) is 26.7 Å². The first kappa shape index (κ1) is 12.1. The maximum Gasteiger partial charge on any atom is 0.0471 e. The van der Waals surface area contributed by atoms with Gasteiger partial charge in [0.1, 0.15) is 0 Å². The summed E-state index contributed by atoms with van der Waals surface area (Å²) in [5, 5.41) is 12.2. The predicted octanol–water partition coefficient (Wildman–Crippen LogP) is 2.68. The first-order valence-electron chi connectivity index (χ1n) is 5.70. The third kappa shape index (κ3) is 4.34. The molecule has 2 heteroatoms. The predicted molar refractivity (Wildman–Crippen MR) is 65.2 cm³/mol. The molecule has 0 radical (unpaired) electrons. The van der Waals surface area contributed by atoms with Gasteiger partial charge in [-0.2, -0.15) is 0 Å². The Morgan fingerprint density at radius 1 is 1.27 bits per heavy atom. The number of hydrogen-bond donors (Lipinski definition) is 2. The number of aliphatic hydroxyl groups excluding tert-OH is 1. The van der Waals surface area contributed by atoms with Crippen LogP contribution in [0, 0.1) is 5.92 Å². The van der Waals surface area contributed by atoms with Gasteiger partial charge in [0.25, 0.3) is 0 Å². The smallest absolute Gasteiger partial charge is 0.0471 e. The van der Waals surface area contributed by atoms with Crippen molar-refractivity contribution in [3.05, 3.63) is 29.8 Å². The fourth-order valence-electron chi connectivity index (χ4n) is 1.35. The van der Waals surface area contributed by atoms with Crippen molar-refractivity contribution < 1.29 is 5.11 Å². The lowest BCUT2D eigenvalue weighted by atomic mass is 10.1. The summed E-state index contributed by atoms with van der Waals surface area (Å²) in [6.45, 7) is 5.69. The van der Waals surface area contributed by atoms with Gasteiger partial charge in [0, 0.05) is 18.8 Å². The average Bonchev–Trinajstić information content (AvgIpc) is 2.28. The quantitative estimate of drug-likeness (QED) is 0.751. The molecule has 0 aliphatic rings. The van der Waals surface area contributed by atoms with Crippen molar-refractivity contribution in [3.63, 3.8) is 0 Å². The van der Waals surface area contributed by atoms with Gasteiger partial charge in [-0.3, -0.25) is 0 Å². The zero-order chi connectivity index (χ0) is 11.1. The number of rotatable bonds is 6. The SMILES string of the molecule is CC[C@@H](C)CNc1ccc(CCO)cc1. The van der Waals surface area contributed by atoms with Crippen molar-refractivity contribution in [2.24, 2.45) is 5.92 Å². The Bertz CT molecular complexity index is 268. The molecule has 1 aromatic rings. The molecular weight excluding hydrogens is 186 g/mol. The van der Waals surface area contributed by atoms with E-state index >= 15 is 0 Å². The Hall–Kier alpha value is -1.02. The minimum Gasteiger partial charge on any atom is -0.396 e. The van der Waals surface area contributed by atoms with E-state index in [0.29, 0.717) is 5.92 Å². The van der Waals surface area contributed by atoms with Crippen LogP contribution in [0.5, 0.6) is 0 Å². The van der Waals surface area contributed by atoms with Gasteiger partial charge >= 0.3 is 0 Å². The van der Waals surface area contributed by atoms with E-state index in [1.165, 1.54) is 12.0 Å². The highest BCUT2D eigenvalue weighted by Crippen LogP contribution is 2.11. The lowest BCUT2D eigenvalue weighted by molar-refractivity contribution is 0.299. The van der Waals surface area contributed by atoms with E-state index in [-0.39, 0.29) is 6.61 Å². The molecule has 0 amide bonds. The van der Waals surface area contributed by atoms with E-state index in [4.69, 9.17) is 5.11 Å². The average molecular weight is 207 g/mol. The highest BCUT2D eigenvalue weighted by atomic mass is 16.2. The number of benzene rings is 1. The summed E-state index contributed by atoms with van der Waals surface area (Å²) in [6, 6.07) is 8.28. The summed E-state index contributed by atoms with van der Waals surface area (Å²) in [7, 11) is 0. The first-order chi connectivity index (χ1) is 7.26. The highest BCUT2D eigenvalue weighted by Gasteiger charge is 1.98. The van der Waals surface area contributed by atoms with E-state index in [2.05, 4.69) is 43.4 Å². The maximum absolute atomic E-state index is 8.78. The summed E-state index contributed by atoms with van der Waals surface area (Å²) >= 11 is 0. The van der Waals surface area contributed by atoms with Crippen LogP contribution in [0.1, 0.15) is 25.8 Å². The maximum atomic E-state index is 8.78. The van der Waals surface area contributed by atoms with Crippen LogP contribution in [-0.2, 0) is 6.42 Å². The second-order valence-electron chi connectivity index (χ2n) is 4.06. The van der Waals surface area contributed by atoms with Crippen molar-refractivity contribution in [1.82, 2.24) is 0 Å². The molecule has 15 heavy (non-hydrogen) atoms. The molecule has 2 N–H and O–H groups in total. The van der Waals surface area contributed by atoms with E-state index in [1.54, 1.807) is 0 Å². The molecule has 0 unspecified atom stereocenters. The number of aliphatic hydroxyl groups is 1. The topological polar surface area (TPSA) is 32.3 Å². The van der Waals surface area contributed by atoms with Crippen LogP contribution in [0.4, 0.5) is 5.69 Å². The third-order valence-electron chi connectivity index (χ3n) is 2.71. The lowest BCUT2D eigenvalue weighted by Crippen LogP contribution is -2.10. The Morgan fingerprint density at radius 3 is 2.47 bits per heavy atom. The third-order valence-corrected chi connectivity index (χ3v) is 2.71. The fraction of sp³-hybridized carbons (Fsp3) is 0.538. The first-order valence-corrected chi connectivity index (χ1v) is 5.70. The van der Waals surface area contributed by atoms with Crippen LogP contribution in [0.3, 0.4) is 0 Å². The molecule has 0 bridgehead atoms. The highest BCUT2D eigenvalue weighted by molar-refractivity contribution is 5.44. The lowest BCUT2D eigenvalue weighted by Gasteiger charge is -2.11. The van der Waals surface area contributed by atoms with Crippen molar-refractivity contribution in [1.29, 1.82) is 0 Å². The van der Waals surface area contributed by atoms with Crippen LogP contribution in [0.25, 0.3) is 0 Å². The Labute approximate surface area is 92.3 Å².